The molecule has 0 aromatic heterocycles. The summed E-state index contributed by atoms with van der Waals surface area (Å²) in [5, 5.41) is 66.9. The van der Waals surface area contributed by atoms with E-state index in [1.54, 1.807) is 48.5 Å². The SMILES string of the molecule is O=C(Cc1ccc(NC(=O)c2cc3ccccc3c(N=Nc3ccc(Cl)cc3[N+](=O)[O-])c2O)cc1Cl)c1cc2ccccc2c(N=Nc2ccc(Cl)cc2[N+](=O)[O-])c1O. The summed E-state index contributed by atoms with van der Waals surface area (Å²) in [6.45, 7) is 0. The number of anilines is 1. The lowest BCUT2D eigenvalue weighted by Crippen LogP contribution is -2.12. The first-order valence-electron chi connectivity index (χ1n) is 17.1. The van der Waals surface area contributed by atoms with Gasteiger partial charge >= 0.3 is 0 Å². The van der Waals surface area contributed by atoms with Crippen molar-refractivity contribution in [1.29, 1.82) is 0 Å². The molecule has 0 saturated carbocycles. The number of phenolic OH excluding ortho intramolecular Hbond substituents is 2. The van der Waals surface area contributed by atoms with E-state index >= 15 is 0 Å². The molecule has 0 heterocycles. The molecule has 3 N–H and O–H groups in total. The number of Topliss-reactive ketones (excluding diaryl/α,β-unsaturated/α-hetero) is 1. The normalized spacial score (nSPS) is 11.4. The van der Waals surface area contributed by atoms with Gasteiger partial charge in [0, 0.05) is 50.1 Å². The van der Waals surface area contributed by atoms with Gasteiger partial charge in [-0.15, -0.1) is 20.5 Å². The molecular formula is C41H24Cl3N7O8. The van der Waals surface area contributed by atoms with Crippen molar-refractivity contribution < 1.29 is 29.6 Å². The van der Waals surface area contributed by atoms with Crippen LogP contribution in [0.15, 0.2) is 136 Å². The molecule has 292 valence electrons. The molecule has 0 atom stereocenters. The van der Waals surface area contributed by atoms with E-state index < -0.39 is 44.4 Å². The molecule has 0 saturated heterocycles. The number of rotatable bonds is 11. The second-order valence-corrected chi connectivity index (χ2v) is 14.0. The van der Waals surface area contributed by atoms with E-state index in [1.807, 2.05) is 0 Å². The number of aromatic hydroxyl groups is 2. The van der Waals surface area contributed by atoms with E-state index in [0.717, 1.165) is 12.1 Å². The van der Waals surface area contributed by atoms with Gasteiger partial charge in [0.15, 0.2) is 28.7 Å². The molecule has 0 spiro atoms. The Morgan fingerprint density at radius 1 is 0.610 bits per heavy atom. The number of fused-ring (bicyclic) bond motifs is 2. The summed E-state index contributed by atoms with van der Waals surface area (Å²) in [7, 11) is 0. The van der Waals surface area contributed by atoms with Crippen LogP contribution in [-0.2, 0) is 6.42 Å². The fraction of sp³-hybridized carbons (Fsp3) is 0.0244. The molecule has 7 aromatic carbocycles. The molecule has 0 aliphatic rings. The number of nitro benzene ring substituents is 2. The lowest BCUT2D eigenvalue weighted by atomic mass is 9.97. The summed E-state index contributed by atoms with van der Waals surface area (Å²) >= 11 is 18.5. The minimum absolute atomic E-state index is 0.0901. The van der Waals surface area contributed by atoms with Gasteiger partial charge in [-0.05, 0) is 64.9 Å². The molecule has 0 bridgehead atoms. The summed E-state index contributed by atoms with van der Waals surface area (Å²) in [5.41, 5.74) is -1.02. The monoisotopic (exact) mass is 847 g/mol. The van der Waals surface area contributed by atoms with E-state index in [0.29, 0.717) is 27.1 Å². The van der Waals surface area contributed by atoms with Gasteiger partial charge in [0.2, 0.25) is 0 Å². The maximum absolute atomic E-state index is 13.7. The van der Waals surface area contributed by atoms with Crippen molar-refractivity contribution in [1.82, 2.24) is 0 Å². The fourth-order valence-electron chi connectivity index (χ4n) is 6.12. The van der Waals surface area contributed by atoms with Gasteiger partial charge in [-0.25, -0.2) is 0 Å². The highest BCUT2D eigenvalue weighted by atomic mass is 35.5. The number of carbonyl (C=O) groups is 2. The molecule has 0 aliphatic carbocycles. The van der Waals surface area contributed by atoms with E-state index in [4.69, 9.17) is 34.8 Å². The largest absolute Gasteiger partial charge is 0.505 e. The Bertz CT molecular complexity index is 2980. The molecule has 15 nitrogen and oxygen atoms in total. The van der Waals surface area contributed by atoms with Crippen LogP contribution >= 0.6 is 34.8 Å². The van der Waals surface area contributed by atoms with Crippen molar-refractivity contribution in [3.8, 4) is 11.5 Å². The van der Waals surface area contributed by atoms with E-state index in [-0.39, 0.29) is 61.1 Å². The standard InChI is InChI=1S/C41H24Cl3N7O8/c42-24-10-13-32(34(18-24)50(56)57)46-48-37-27-7-3-1-5-21(27)15-29(39(37)53)36(52)17-23-9-12-26(20-31(23)44)45-41(55)30-16-22-6-2-4-8-28(22)38(40(30)54)49-47-33-14-11-25(43)19-35(33)51(58)59/h1-16,18-20,53-54H,17H2,(H,45,55). The molecule has 0 fully saturated rings. The van der Waals surface area contributed by atoms with Crippen LogP contribution in [0.1, 0.15) is 26.3 Å². The van der Waals surface area contributed by atoms with Gasteiger partial charge in [-0.1, -0.05) is 89.4 Å². The number of carbonyl (C=O) groups excluding carboxylic acids is 2. The summed E-state index contributed by atoms with van der Waals surface area (Å²) in [4.78, 5) is 49.2. The van der Waals surface area contributed by atoms with Crippen LogP contribution < -0.4 is 5.32 Å². The predicted molar refractivity (Wildman–Crippen MR) is 223 cm³/mol. The zero-order chi connectivity index (χ0) is 42.0. The smallest absolute Gasteiger partial charge is 0.298 e. The zero-order valence-corrected chi connectivity index (χ0v) is 32.1. The van der Waals surface area contributed by atoms with Crippen molar-refractivity contribution in [3.63, 3.8) is 0 Å². The number of nitrogens with one attached hydrogen (secondary N) is 1. The summed E-state index contributed by atoms with van der Waals surface area (Å²) in [5.74, 6) is -2.36. The first-order valence-corrected chi connectivity index (χ1v) is 18.3. The van der Waals surface area contributed by atoms with Crippen LogP contribution in [0.3, 0.4) is 0 Å². The molecule has 0 aliphatic heterocycles. The van der Waals surface area contributed by atoms with E-state index in [1.165, 1.54) is 54.6 Å². The highest BCUT2D eigenvalue weighted by molar-refractivity contribution is 6.32. The number of halogens is 3. The Balaban J connectivity index is 1.15. The lowest BCUT2D eigenvalue weighted by molar-refractivity contribution is -0.384. The zero-order valence-electron chi connectivity index (χ0n) is 29.8. The second-order valence-electron chi connectivity index (χ2n) is 12.7. The number of hydrogen-bond acceptors (Lipinski definition) is 12. The number of benzene rings is 7. The highest BCUT2D eigenvalue weighted by Crippen LogP contribution is 2.43. The molecule has 18 heteroatoms. The number of nitro groups is 2. The van der Waals surface area contributed by atoms with Crippen molar-refractivity contribution in [2.24, 2.45) is 20.5 Å². The quantitative estimate of drug-likeness (QED) is 0.0490. The van der Waals surface area contributed by atoms with Crippen LogP contribution in [0.5, 0.6) is 11.5 Å². The predicted octanol–water partition coefficient (Wildman–Crippen LogP) is 12.7. The molecule has 0 unspecified atom stereocenters. The van der Waals surface area contributed by atoms with Gasteiger partial charge in [0.1, 0.15) is 11.4 Å². The molecular weight excluding hydrogens is 825 g/mol. The van der Waals surface area contributed by atoms with Crippen molar-refractivity contribution in [2.45, 2.75) is 6.42 Å². The average Bonchev–Trinajstić information content (AvgIpc) is 3.21. The van der Waals surface area contributed by atoms with Gasteiger partial charge in [-0.3, -0.25) is 29.8 Å². The molecule has 7 aromatic rings. The Labute approximate surface area is 347 Å². The molecule has 59 heavy (non-hydrogen) atoms. The van der Waals surface area contributed by atoms with Crippen LogP contribution in [0, 0.1) is 20.2 Å². The highest BCUT2D eigenvalue weighted by Gasteiger charge is 2.23. The molecule has 7 rings (SSSR count). The van der Waals surface area contributed by atoms with Gasteiger partial charge < -0.3 is 15.5 Å². The number of azo groups is 2. The minimum atomic E-state index is -0.756. The summed E-state index contributed by atoms with van der Waals surface area (Å²) in [6, 6.07) is 28.5. The van der Waals surface area contributed by atoms with E-state index in [2.05, 4.69) is 25.8 Å². The number of hydrogen-bond donors (Lipinski definition) is 3. The maximum Gasteiger partial charge on any atom is 0.298 e. The van der Waals surface area contributed by atoms with Gasteiger partial charge in [0.05, 0.1) is 21.0 Å². The van der Waals surface area contributed by atoms with Gasteiger partial charge in [-0.2, -0.15) is 0 Å². The average molecular weight is 849 g/mol. The summed E-state index contributed by atoms with van der Waals surface area (Å²) < 4.78 is 0. The van der Waals surface area contributed by atoms with Gasteiger partial charge in [0.25, 0.3) is 17.3 Å². The Hall–Kier alpha value is -7.33. The second kappa shape index (κ2) is 16.6. The Morgan fingerprint density at radius 3 is 1.61 bits per heavy atom. The first kappa shape index (κ1) is 39.9. The molecule has 0 radical (unpaired) electrons. The third-order valence-corrected chi connectivity index (χ3v) is 9.80. The number of amides is 1. The van der Waals surface area contributed by atoms with Crippen molar-refractivity contribution in [3.05, 3.63) is 167 Å². The van der Waals surface area contributed by atoms with Crippen LogP contribution in [0.4, 0.5) is 39.8 Å². The van der Waals surface area contributed by atoms with Crippen molar-refractivity contribution in [2.75, 3.05) is 5.32 Å². The Kier molecular flexibility index (Phi) is 11.3. The van der Waals surface area contributed by atoms with E-state index in [9.17, 15) is 40.0 Å². The number of ketones is 1. The van der Waals surface area contributed by atoms with Crippen molar-refractivity contribution >= 4 is 108 Å². The van der Waals surface area contributed by atoms with Crippen LogP contribution in [0.2, 0.25) is 15.1 Å². The summed E-state index contributed by atoms with van der Waals surface area (Å²) in [6.07, 6.45) is -0.288. The molecule has 1 amide bonds. The minimum Gasteiger partial charge on any atom is -0.505 e. The topological polar surface area (TPSA) is 222 Å². The third-order valence-electron chi connectivity index (χ3n) is 8.98. The van der Waals surface area contributed by atoms with Crippen LogP contribution in [0.25, 0.3) is 21.5 Å². The fourth-order valence-corrected chi connectivity index (χ4v) is 6.70. The Morgan fingerprint density at radius 2 is 1.10 bits per heavy atom. The lowest BCUT2D eigenvalue weighted by Gasteiger charge is -2.13. The third kappa shape index (κ3) is 8.38. The number of phenols is 2. The number of nitrogens with zero attached hydrogens (tertiary/aromatic N) is 6. The van der Waals surface area contributed by atoms with Crippen LogP contribution in [-0.4, -0.2) is 31.8 Å². The first-order chi connectivity index (χ1) is 28.3. The maximum atomic E-state index is 13.7.